The van der Waals surface area contributed by atoms with Crippen molar-refractivity contribution in [2.45, 2.75) is 109 Å². The summed E-state index contributed by atoms with van der Waals surface area (Å²) in [6.07, 6.45) is 1.33. The number of hydrogen-bond donors (Lipinski definition) is 1. The highest BCUT2D eigenvalue weighted by molar-refractivity contribution is 6.74. The van der Waals surface area contributed by atoms with E-state index in [1.807, 2.05) is 6.92 Å². The van der Waals surface area contributed by atoms with Crippen molar-refractivity contribution in [3.8, 4) is 0 Å². The van der Waals surface area contributed by atoms with Gasteiger partial charge in [-0.25, -0.2) is 4.79 Å². The molecule has 1 saturated heterocycles. The van der Waals surface area contributed by atoms with Gasteiger partial charge in [-0.2, -0.15) is 4.98 Å². The fourth-order valence-electron chi connectivity index (χ4n) is 3.24. The highest BCUT2D eigenvalue weighted by Gasteiger charge is 2.54. The van der Waals surface area contributed by atoms with Crippen molar-refractivity contribution in [3.63, 3.8) is 0 Å². The fraction of sp³-hybridized carbons (Fsp3) is 0.826. The lowest BCUT2D eigenvalue weighted by Crippen LogP contribution is -2.55. The first-order valence-corrected chi connectivity index (χ1v) is 18.0. The van der Waals surface area contributed by atoms with E-state index in [4.69, 9.17) is 30.9 Å². The Morgan fingerprint density at radius 3 is 2.21 bits per heavy atom. The standard InChI is InChI=1S/C23H44ClN3O4Si2/c1-16-13-27(20(28)26-19(16)25)18-12-17(31-33(10,11)22(5,6)7)23(14-24,30-18)15-29-32(8,9)21(2,3)4/h13,17-18H,12,14-15H2,1-11H3,(H2,25,26,28)/t17-,18+,23+/m0/s1. The molecule has 1 aromatic rings. The molecule has 2 rings (SSSR count). The van der Waals surface area contributed by atoms with Crippen LogP contribution < -0.4 is 11.4 Å². The Balaban J connectivity index is 2.48. The molecule has 1 aromatic heterocycles. The van der Waals surface area contributed by atoms with Crippen LogP contribution in [0.3, 0.4) is 0 Å². The highest BCUT2D eigenvalue weighted by atomic mass is 35.5. The molecular formula is C23H44ClN3O4Si2. The molecule has 1 aliphatic rings. The predicted molar refractivity (Wildman–Crippen MR) is 141 cm³/mol. The van der Waals surface area contributed by atoms with Gasteiger partial charge in [0, 0.05) is 18.2 Å². The first kappa shape index (κ1) is 28.5. The van der Waals surface area contributed by atoms with E-state index in [1.165, 1.54) is 4.57 Å². The Hall–Kier alpha value is -0.716. The minimum atomic E-state index is -2.16. The maximum Gasteiger partial charge on any atom is 0.351 e. The molecule has 1 aliphatic heterocycles. The number of nitrogens with zero attached hydrogens (tertiary/aromatic N) is 2. The number of anilines is 1. The molecule has 2 heterocycles. The lowest BCUT2D eigenvalue weighted by molar-refractivity contribution is -0.109. The molecular weight excluding hydrogens is 474 g/mol. The topological polar surface area (TPSA) is 88.6 Å². The van der Waals surface area contributed by atoms with Crippen LogP contribution in [-0.2, 0) is 13.6 Å². The highest BCUT2D eigenvalue weighted by Crippen LogP contribution is 2.46. The van der Waals surface area contributed by atoms with Gasteiger partial charge in [-0.3, -0.25) is 4.57 Å². The Kier molecular flexibility index (Phi) is 8.11. The van der Waals surface area contributed by atoms with E-state index >= 15 is 0 Å². The van der Waals surface area contributed by atoms with Gasteiger partial charge in [-0.05, 0) is 43.2 Å². The third-order valence-corrected chi connectivity index (χ3v) is 17.2. The van der Waals surface area contributed by atoms with Gasteiger partial charge in [0.25, 0.3) is 0 Å². The molecule has 2 N–H and O–H groups in total. The lowest BCUT2D eigenvalue weighted by atomic mass is 10.0. The van der Waals surface area contributed by atoms with E-state index in [0.29, 0.717) is 13.0 Å². The molecule has 10 heteroatoms. The molecule has 0 bridgehead atoms. The van der Waals surface area contributed by atoms with Gasteiger partial charge in [-0.15, -0.1) is 11.6 Å². The minimum absolute atomic E-state index is 0.0135. The number of hydrogen-bond acceptors (Lipinski definition) is 6. The van der Waals surface area contributed by atoms with Crippen molar-refractivity contribution in [2.75, 3.05) is 18.2 Å². The predicted octanol–water partition coefficient (Wildman–Crippen LogP) is 5.44. The monoisotopic (exact) mass is 517 g/mol. The van der Waals surface area contributed by atoms with Crippen molar-refractivity contribution >= 4 is 34.1 Å². The van der Waals surface area contributed by atoms with E-state index in [-0.39, 0.29) is 27.9 Å². The van der Waals surface area contributed by atoms with Crippen molar-refractivity contribution in [1.29, 1.82) is 0 Å². The maximum absolute atomic E-state index is 12.7. The number of nitrogen functional groups attached to an aromatic ring is 1. The third kappa shape index (κ3) is 5.93. The summed E-state index contributed by atoms with van der Waals surface area (Å²) < 4.78 is 21.6. The third-order valence-electron chi connectivity index (χ3n) is 7.81. The summed E-state index contributed by atoms with van der Waals surface area (Å²) in [6.45, 7) is 24.2. The zero-order valence-electron chi connectivity index (χ0n) is 22.3. The molecule has 0 radical (unpaired) electrons. The number of ether oxygens (including phenoxy) is 1. The molecule has 0 unspecified atom stereocenters. The molecule has 33 heavy (non-hydrogen) atoms. The number of nitrogens with two attached hydrogens (primary N) is 1. The summed E-state index contributed by atoms with van der Waals surface area (Å²) >= 11 is 6.62. The summed E-state index contributed by atoms with van der Waals surface area (Å²) in [5, 5.41) is 0.0584. The first-order chi connectivity index (χ1) is 14.8. The number of alkyl halides is 1. The fourth-order valence-corrected chi connectivity index (χ4v) is 5.96. The molecule has 0 saturated carbocycles. The van der Waals surface area contributed by atoms with Crippen LogP contribution in [0.15, 0.2) is 11.0 Å². The van der Waals surface area contributed by atoms with Crippen LogP contribution in [0.2, 0.25) is 36.3 Å². The summed E-state index contributed by atoms with van der Waals surface area (Å²) in [4.78, 5) is 16.6. The summed E-state index contributed by atoms with van der Waals surface area (Å²) in [5.41, 5.74) is 5.26. The van der Waals surface area contributed by atoms with Gasteiger partial charge in [0.1, 0.15) is 17.6 Å². The van der Waals surface area contributed by atoms with Crippen LogP contribution in [0, 0.1) is 6.92 Å². The van der Waals surface area contributed by atoms with E-state index < -0.39 is 34.2 Å². The number of aromatic nitrogens is 2. The summed E-state index contributed by atoms with van der Waals surface area (Å²) in [6, 6.07) is 0. The smallest absolute Gasteiger partial charge is 0.351 e. The van der Waals surface area contributed by atoms with E-state index in [0.717, 1.165) is 5.56 Å². The van der Waals surface area contributed by atoms with Crippen molar-refractivity contribution in [2.24, 2.45) is 0 Å². The van der Waals surface area contributed by atoms with Gasteiger partial charge in [0.2, 0.25) is 0 Å². The Morgan fingerprint density at radius 2 is 1.73 bits per heavy atom. The largest absolute Gasteiger partial charge is 0.414 e. The molecule has 0 amide bonds. The Bertz CT molecular complexity index is 908. The quantitative estimate of drug-likeness (QED) is 0.382. The second-order valence-electron chi connectivity index (χ2n) is 12.4. The molecule has 190 valence electrons. The van der Waals surface area contributed by atoms with E-state index in [2.05, 4.69) is 72.7 Å². The van der Waals surface area contributed by atoms with Gasteiger partial charge < -0.3 is 19.3 Å². The summed E-state index contributed by atoms with van der Waals surface area (Å²) in [7, 11) is -4.23. The molecule has 0 aromatic carbocycles. The van der Waals surface area contributed by atoms with E-state index in [9.17, 15) is 4.79 Å². The molecule has 1 fully saturated rings. The zero-order valence-corrected chi connectivity index (χ0v) is 25.1. The normalized spacial score (nSPS) is 25.0. The van der Waals surface area contributed by atoms with Crippen molar-refractivity contribution in [1.82, 2.24) is 9.55 Å². The van der Waals surface area contributed by atoms with Gasteiger partial charge in [0.05, 0.1) is 18.6 Å². The number of aryl methyl sites for hydroxylation is 1. The lowest BCUT2D eigenvalue weighted by Gasteiger charge is -2.44. The van der Waals surface area contributed by atoms with Crippen LogP contribution in [-0.4, -0.2) is 50.4 Å². The van der Waals surface area contributed by atoms with Gasteiger partial charge in [0.15, 0.2) is 16.6 Å². The average molecular weight is 518 g/mol. The number of rotatable bonds is 7. The molecule has 0 spiro atoms. The van der Waals surface area contributed by atoms with Gasteiger partial charge in [-0.1, -0.05) is 41.5 Å². The van der Waals surface area contributed by atoms with Crippen molar-refractivity contribution < 1.29 is 13.6 Å². The van der Waals surface area contributed by atoms with Crippen LogP contribution in [0.25, 0.3) is 0 Å². The molecule has 3 atom stereocenters. The Labute approximate surface area is 206 Å². The van der Waals surface area contributed by atoms with Crippen LogP contribution in [0.4, 0.5) is 5.82 Å². The average Bonchev–Trinajstić information content (AvgIpc) is 2.99. The van der Waals surface area contributed by atoms with Crippen molar-refractivity contribution in [3.05, 3.63) is 22.2 Å². The maximum atomic E-state index is 12.7. The van der Waals surface area contributed by atoms with Crippen LogP contribution >= 0.6 is 11.6 Å². The van der Waals surface area contributed by atoms with Crippen LogP contribution in [0.1, 0.15) is 59.8 Å². The minimum Gasteiger partial charge on any atom is -0.414 e. The molecule has 0 aliphatic carbocycles. The first-order valence-electron chi connectivity index (χ1n) is 11.7. The number of halogens is 1. The SMILES string of the molecule is Cc1cn([C@H]2C[C@H](O[Si](C)(C)C(C)(C)C)[C@@](CCl)(CO[Si](C)(C)C(C)(C)C)O2)c(=O)nc1N. The second kappa shape index (κ2) is 9.39. The van der Waals surface area contributed by atoms with Crippen LogP contribution in [0.5, 0.6) is 0 Å². The van der Waals surface area contributed by atoms with E-state index in [1.54, 1.807) is 6.20 Å². The Morgan fingerprint density at radius 1 is 1.18 bits per heavy atom. The summed E-state index contributed by atoms with van der Waals surface area (Å²) in [5.74, 6) is 0.432. The second-order valence-corrected chi connectivity index (χ2v) is 22.3. The zero-order chi connectivity index (χ0) is 25.6. The van der Waals surface area contributed by atoms with Gasteiger partial charge >= 0.3 is 5.69 Å². The molecule has 7 nitrogen and oxygen atoms in total.